The maximum atomic E-state index is 6.26. The van der Waals surface area contributed by atoms with Crippen LogP contribution < -0.4 is 0 Å². The predicted octanol–water partition coefficient (Wildman–Crippen LogP) is 2.46. The second-order valence-corrected chi connectivity index (χ2v) is 16.8. The lowest BCUT2D eigenvalue weighted by Gasteiger charge is -2.46. The molecule has 23 heavy (non-hydrogen) atoms. The lowest BCUT2D eigenvalue weighted by molar-refractivity contribution is -0.297. The van der Waals surface area contributed by atoms with E-state index in [1.165, 1.54) is 0 Å². The SMILES string of the molecule is CO[C@H]1O[C@H](CO[Si](C)(C)C)[C@@H](OC)[C@H](OC)[C@H]1O[Si](C)(C)C. The van der Waals surface area contributed by atoms with Gasteiger partial charge in [0.2, 0.25) is 0 Å². The van der Waals surface area contributed by atoms with Gasteiger partial charge in [-0.05, 0) is 39.3 Å². The van der Waals surface area contributed by atoms with E-state index in [1.54, 1.807) is 21.3 Å². The Morgan fingerprint density at radius 3 is 1.70 bits per heavy atom. The molecule has 0 amide bonds. The van der Waals surface area contributed by atoms with Gasteiger partial charge < -0.3 is 27.8 Å². The fourth-order valence-corrected chi connectivity index (χ4v) is 4.35. The van der Waals surface area contributed by atoms with Crippen molar-refractivity contribution in [2.24, 2.45) is 0 Å². The summed E-state index contributed by atoms with van der Waals surface area (Å²) >= 11 is 0. The molecule has 1 saturated heterocycles. The predicted molar refractivity (Wildman–Crippen MR) is 94.8 cm³/mol. The number of rotatable bonds is 8. The second-order valence-electron chi connectivity index (χ2n) is 7.80. The summed E-state index contributed by atoms with van der Waals surface area (Å²) in [5.41, 5.74) is 0. The van der Waals surface area contributed by atoms with Crippen molar-refractivity contribution in [1.29, 1.82) is 0 Å². The van der Waals surface area contributed by atoms with Crippen LogP contribution in [0.15, 0.2) is 0 Å². The van der Waals surface area contributed by atoms with E-state index in [0.29, 0.717) is 6.61 Å². The van der Waals surface area contributed by atoms with E-state index in [-0.39, 0.29) is 24.4 Å². The maximum Gasteiger partial charge on any atom is 0.185 e. The lowest BCUT2D eigenvalue weighted by atomic mass is 9.99. The number of hydrogen-bond acceptors (Lipinski definition) is 6. The molecule has 1 heterocycles. The van der Waals surface area contributed by atoms with Gasteiger partial charge in [0.25, 0.3) is 0 Å². The third-order valence-electron chi connectivity index (χ3n) is 3.54. The van der Waals surface area contributed by atoms with Crippen molar-refractivity contribution in [3.05, 3.63) is 0 Å². The summed E-state index contributed by atoms with van der Waals surface area (Å²) in [6.45, 7) is 13.3. The van der Waals surface area contributed by atoms with Crippen molar-refractivity contribution in [3.8, 4) is 0 Å². The minimum Gasteiger partial charge on any atom is -0.415 e. The van der Waals surface area contributed by atoms with Gasteiger partial charge in [0, 0.05) is 21.3 Å². The molecule has 1 fully saturated rings. The Hall–Kier alpha value is 0.194. The highest BCUT2D eigenvalue weighted by Gasteiger charge is 2.49. The molecule has 0 saturated carbocycles. The molecule has 0 spiro atoms. The Balaban J connectivity index is 2.94. The highest BCUT2D eigenvalue weighted by Crippen LogP contribution is 2.30. The Kier molecular flexibility index (Phi) is 7.87. The summed E-state index contributed by atoms with van der Waals surface area (Å²) in [5, 5.41) is 0. The summed E-state index contributed by atoms with van der Waals surface area (Å²) in [6, 6.07) is 0. The largest absolute Gasteiger partial charge is 0.415 e. The molecule has 0 unspecified atom stereocenters. The van der Waals surface area contributed by atoms with Gasteiger partial charge in [0.1, 0.15) is 24.4 Å². The Morgan fingerprint density at radius 1 is 0.739 bits per heavy atom. The lowest BCUT2D eigenvalue weighted by Crippen LogP contribution is -2.63. The van der Waals surface area contributed by atoms with Gasteiger partial charge >= 0.3 is 0 Å². The topological polar surface area (TPSA) is 55.4 Å². The average Bonchev–Trinajstić information content (AvgIpc) is 2.42. The van der Waals surface area contributed by atoms with Crippen molar-refractivity contribution >= 4 is 16.6 Å². The maximum absolute atomic E-state index is 6.26. The van der Waals surface area contributed by atoms with Crippen molar-refractivity contribution in [2.75, 3.05) is 27.9 Å². The molecule has 138 valence electrons. The fraction of sp³-hybridized carbons (Fsp3) is 1.00. The first kappa shape index (κ1) is 21.2. The van der Waals surface area contributed by atoms with Gasteiger partial charge in [-0.2, -0.15) is 0 Å². The average molecular weight is 367 g/mol. The molecule has 1 aliphatic rings. The van der Waals surface area contributed by atoms with E-state index in [4.69, 9.17) is 27.8 Å². The van der Waals surface area contributed by atoms with E-state index in [2.05, 4.69) is 39.3 Å². The van der Waals surface area contributed by atoms with Gasteiger partial charge in [0.05, 0.1) is 6.61 Å². The van der Waals surface area contributed by atoms with Crippen molar-refractivity contribution in [1.82, 2.24) is 0 Å². The van der Waals surface area contributed by atoms with Crippen molar-refractivity contribution < 1.29 is 27.8 Å². The summed E-state index contributed by atoms with van der Waals surface area (Å²) in [6.07, 6.45) is -1.58. The fourth-order valence-electron chi connectivity index (χ4n) is 2.62. The van der Waals surface area contributed by atoms with E-state index in [9.17, 15) is 0 Å². The third-order valence-corrected chi connectivity index (χ3v) is 5.55. The van der Waals surface area contributed by atoms with Crippen LogP contribution in [0.4, 0.5) is 0 Å². The quantitative estimate of drug-likeness (QED) is 0.615. The normalized spacial score (nSPS) is 33.0. The van der Waals surface area contributed by atoms with Gasteiger partial charge in [-0.25, -0.2) is 0 Å². The molecule has 0 aromatic rings. The molecule has 1 aliphatic heterocycles. The van der Waals surface area contributed by atoms with Crippen LogP contribution in [0.3, 0.4) is 0 Å². The Labute approximate surface area is 143 Å². The Morgan fingerprint density at radius 2 is 1.30 bits per heavy atom. The molecule has 6 nitrogen and oxygen atoms in total. The first-order valence-corrected chi connectivity index (χ1v) is 14.9. The van der Waals surface area contributed by atoms with E-state index < -0.39 is 22.9 Å². The molecule has 0 N–H and O–H groups in total. The minimum atomic E-state index is -1.79. The Bertz CT molecular complexity index is 355. The smallest absolute Gasteiger partial charge is 0.185 e. The molecular formula is C15H34O6Si2. The number of methoxy groups -OCH3 is 3. The van der Waals surface area contributed by atoms with Crippen LogP contribution in [0, 0.1) is 0 Å². The van der Waals surface area contributed by atoms with E-state index >= 15 is 0 Å². The molecule has 0 radical (unpaired) electrons. The van der Waals surface area contributed by atoms with Gasteiger partial charge in [-0.1, -0.05) is 0 Å². The summed E-state index contributed by atoms with van der Waals surface area (Å²) in [5.74, 6) is 0. The summed E-state index contributed by atoms with van der Waals surface area (Å²) in [7, 11) is 1.53. The van der Waals surface area contributed by atoms with Gasteiger partial charge in [0.15, 0.2) is 22.9 Å². The molecule has 0 aromatic carbocycles. The molecule has 0 aliphatic carbocycles. The van der Waals surface area contributed by atoms with Crippen LogP contribution in [0.1, 0.15) is 0 Å². The van der Waals surface area contributed by atoms with Crippen LogP contribution in [0.25, 0.3) is 0 Å². The van der Waals surface area contributed by atoms with Gasteiger partial charge in [-0.3, -0.25) is 0 Å². The monoisotopic (exact) mass is 366 g/mol. The second kappa shape index (κ2) is 8.53. The van der Waals surface area contributed by atoms with Crippen LogP contribution in [-0.2, 0) is 27.8 Å². The molecule has 0 bridgehead atoms. The first-order chi connectivity index (χ1) is 10.5. The van der Waals surface area contributed by atoms with Crippen LogP contribution in [0.5, 0.6) is 0 Å². The number of hydrogen-bond donors (Lipinski definition) is 0. The zero-order valence-electron chi connectivity index (χ0n) is 16.0. The van der Waals surface area contributed by atoms with Crippen LogP contribution >= 0.6 is 0 Å². The van der Waals surface area contributed by atoms with E-state index in [0.717, 1.165) is 0 Å². The first-order valence-electron chi connectivity index (χ1n) is 8.08. The summed E-state index contributed by atoms with van der Waals surface area (Å²) < 4.78 is 35.3. The van der Waals surface area contributed by atoms with Crippen LogP contribution in [0.2, 0.25) is 39.3 Å². The zero-order chi connectivity index (χ0) is 17.8. The van der Waals surface area contributed by atoms with Crippen molar-refractivity contribution in [3.63, 3.8) is 0 Å². The van der Waals surface area contributed by atoms with E-state index in [1.807, 2.05) is 0 Å². The highest BCUT2D eigenvalue weighted by molar-refractivity contribution is 6.70. The number of ether oxygens (including phenoxy) is 4. The molecule has 0 aromatic heterocycles. The highest BCUT2D eigenvalue weighted by atomic mass is 28.4. The van der Waals surface area contributed by atoms with Crippen molar-refractivity contribution in [2.45, 2.75) is 70.0 Å². The molecule has 8 heteroatoms. The standard InChI is InChI=1S/C15H34O6Si2/c1-16-12-11(10-19-22(4,5)6)20-15(18-3)14(13(12)17-2)21-23(7,8)9/h11-15H,10H2,1-9H3/t11-,12-,13+,14-,15+/m1/s1. The molecular weight excluding hydrogens is 332 g/mol. The third kappa shape index (κ3) is 6.54. The van der Waals surface area contributed by atoms with Crippen LogP contribution in [-0.4, -0.2) is 75.3 Å². The molecule has 5 atom stereocenters. The molecule has 1 rings (SSSR count). The van der Waals surface area contributed by atoms with Gasteiger partial charge in [-0.15, -0.1) is 0 Å². The zero-order valence-corrected chi connectivity index (χ0v) is 18.0. The summed E-state index contributed by atoms with van der Waals surface area (Å²) in [4.78, 5) is 0. The minimum absolute atomic E-state index is 0.247.